The van der Waals surface area contributed by atoms with Gasteiger partial charge in [0.25, 0.3) is 0 Å². The van der Waals surface area contributed by atoms with E-state index in [0.29, 0.717) is 37.2 Å². The minimum absolute atomic E-state index is 0. The van der Waals surface area contributed by atoms with E-state index in [0.717, 1.165) is 34.3 Å². The van der Waals surface area contributed by atoms with E-state index in [4.69, 9.17) is 14.2 Å². The number of aromatic nitrogens is 2. The van der Waals surface area contributed by atoms with Crippen LogP contribution in [0, 0.1) is 6.92 Å². The molecule has 0 N–H and O–H groups in total. The molecule has 0 amide bonds. The summed E-state index contributed by atoms with van der Waals surface area (Å²) < 4.78 is 30.3. The van der Waals surface area contributed by atoms with E-state index in [1.807, 2.05) is 49.4 Å². The molecule has 1 aromatic heterocycles. The fourth-order valence-corrected chi connectivity index (χ4v) is 4.63. The van der Waals surface area contributed by atoms with Crippen LogP contribution in [0.5, 0.6) is 5.75 Å². The van der Waals surface area contributed by atoms with Crippen LogP contribution >= 0.6 is 0 Å². The SMILES string of the molecule is CCC1(CCOc2cccc(CS(=O)c3nc4ccccc4[n-]3)c2C)OCCO1.[Na+]. The van der Waals surface area contributed by atoms with Gasteiger partial charge in [0, 0.05) is 22.4 Å². The van der Waals surface area contributed by atoms with Crippen LogP contribution in [0.15, 0.2) is 47.6 Å². The first-order chi connectivity index (χ1) is 14.1. The van der Waals surface area contributed by atoms with Crippen LogP contribution in [-0.2, 0) is 26.0 Å². The number of hydrogen-bond donors (Lipinski definition) is 0. The third-order valence-corrected chi connectivity index (χ3v) is 6.46. The molecular formula is C22H25N2NaO4S. The minimum Gasteiger partial charge on any atom is -0.493 e. The molecule has 1 aliphatic rings. The monoisotopic (exact) mass is 436 g/mol. The Balaban J connectivity index is 0.00000256. The summed E-state index contributed by atoms with van der Waals surface area (Å²) in [4.78, 5) is 8.80. The van der Waals surface area contributed by atoms with Crippen molar-refractivity contribution < 1.29 is 48.0 Å². The van der Waals surface area contributed by atoms with Gasteiger partial charge in [-0.1, -0.05) is 43.3 Å². The van der Waals surface area contributed by atoms with E-state index in [1.54, 1.807) is 0 Å². The largest absolute Gasteiger partial charge is 1.00 e. The summed E-state index contributed by atoms with van der Waals surface area (Å²) in [7, 11) is -1.32. The van der Waals surface area contributed by atoms with Crippen molar-refractivity contribution in [2.45, 2.75) is 43.4 Å². The van der Waals surface area contributed by atoms with E-state index in [9.17, 15) is 4.21 Å². The summed E-state index contributed by atoms with van der Waals surface area (Å²) in [5, 5.41) is 0.373. The summed E-state index contributed by atoms with van der Waals surface area (Å²) >= 11 is 0. The standard InChI is InChI=1S/C22H25N2O4S.Na/c1-3-22(27-13-14-28-22)11-12-26-20-10-6-7-17(16(20)2)15-29(25)21-23-18-8-4-5-9-19(18)24-21;/h4-10H,3,11-15H2,1-2H3;/q-1;+1. The molecule has 1 saturated heterocycles. The third kappa shape index (κ3) is 5.15. The second kappa shape index (κ2) is 10.4. The molecule has 0 radical (unpaired) electrons. The molecule has 1 fully saturated rings. The van der Waals surface area contributed by atoms with Crippen molar-refractivity contribution in [3.8, 4) is 5.75 Å². The van der Waals surface area contributed by atoms with Gasteiger partial charge in [-0.15, -0.1) is 0 Å². The van der Waals surface area contributed by atoms with Gasteiger partial charge in [-0.2, -0.15) is 0 Å². The summed E-state index contributed by atoms with van der Waals surface area (Å²) in [5.74, 6) is 0.617. The van der Waals surface area contributed by atoms with E-state index in [2.05, 4.69) is 16.9 Å². The van der Waals surface area contributed by atoms with Crippen LogP contribution < -0.4 is 39.3 Å². The summed E-state index contributed by atoms with van der Waals surface area (Å²) in [6.45, 7) is 5.81. The average Bonchev–Trinajstić information content (AvgIpc) is 3.38. The van der Waals surface area contributed by atoms with Gasteiger partial charge in [-0.25, -0.2) is 0 Å². The summed E-state index contributed by atoms with van der Waals surface area (Å²) in [6.07, 6.45) is 1.47. The molecule has 0 saturated carbocycles. The molecule has 30 heavy (non-hydrogen) atoms. The maximum atomic E-state index is 12.8. The predicted octanol–water partition coefficient (Wildman–Crippen LogP) is 0.734. The predicted molar refractivity (Wildman–Crippen MR) is 111 cm³/mol. The number of para-hydroxylation sites is 2. The van der Waals surface area contributed by atoms with Crippen molar-refractivity contribution >= 4 is 21.8 Å². The van der Waals surface area contributed by atoms with Gasteiger partial charge < -0.3 is 24.2 Å². The van der Waals surface area contributed by atoms with Crippen LogP contribution in [0.3, 0.4) is 0 Å². The topological polar surface area (TPSA) is 71.8 Å². The Hall–Kier alpha value is -1.22. The van der Waals surface area contributed by atoms with Crippen molar-refractivity contribution in [1.82, 2.24) is 9.97 Å². The summed E-state index contributed by atoms with van der Waals surface area (Å²) in [6, 6.07) is 13.4. The molecule has 1 aliphatic heterocycles. The van der Waals surface area contributed by atoms with Gasteiger partial charge in [-0.05, 0) is 41.6 Å². The molecule has 4 rings (SSSR count). The first kappa shape index (κ1) is 23.4. The Labute approximate surface area is 201 Å². The van der Waals surface area contributed by atoms with Crippen molar-refractivity contribution in [1.29, 1.82) is 0 Å². The molecule has 6 nitrogen and oxygen atoms in total. The smallest absolute Gasteiger partial charge is 0.493 e. The number of hydrogen-bond acceptors (Lipinski definition) is 5. The minimum atomic E-state index is -1.32. The molecule has 0 bridgehead atoms. The fraction of sp³-hybridized carbons (Fsp3) is 0.409. The van der Waals surface area contributed by atoms with Crippen LogP contribution in [0.1, 0.15) is 30.9 Å². The molecular weight excluding hydrogens is 411 g/mol. The van der Waals surface area contributed by atoms with E-state index in [1.165, 1.54) is 0 Å². The van der Waals surface area contributed by atoms with Gasteiger partial charge in [-0.3, -0.25) is 4.21 Å². The van der Waals surface area contributed by atoms with Gasteiger partial charge in [0.2, 0.25) is 0 Å². The number of ether oxygens (including phenoxy) is 3. The Morgan fingerprint density at radius 2 is 1.93 bits per heavy atom. The quantitative estimate of drug-likeness (QED) is 0.485. The van der Waals surface area contributed by atoms with E-state index >= 15 is 0 Å². The Morgan fingerprint density at radius 1 is 1.17 bits per heavy atom. The van der Waals surface area contributed by atoms with Crippen LogP contribution in [0.4, 0.5) is 0 Å². The van der Waals surface area contributed by atoms with Crippen molar-refractivity contribution in [2.75, 3.05) is 19.8 Å². The van der Waals surface area contributed by atoms with Gasteiger partial charge in [0.05, 0.1) is 25.6 Å². The molecule has 1 atom stereocenters. The molecule has 1 unspecified atom stereocenters. The van der Waals surface area contributed by atoms with Crippen molar-refractivity contribution in [2.24, 2.45) is 0 Å². The molecule has 2 heterocycles. The zero-order chi connectivity index (χ0) is 20.3. The Morgan fingerprint density at radius 3 is 2.67 bits per heavy atom. The first-order valence-corrected chi connectivity index (χ1v) is 11.2. The Kier molecular flexibility index (Phi) is 8.12. The van der Waals surface area contributed by atoms with Gasteiger partial charge >= 0.3 is 29.6 Å². The molecule has 8 heteroatoms. The van der Waals surface area contributed by atoms with E-state index < -0.39 is 16.6 Å². The molecule has 0 spiro atoms. The maximum Gasteiger partial charge on any atom is 1.00 e. The first-order valence-electron chi connectivity index (χ1n) is 9.87. The van der Waals surface area contributed by atoms with Crippen LogP contribution in [0.2, 0.25) is 0 Å². The maximum absolute atomic E-state index is 12.8. The second-order valence-corrected chi connectivity index (χ2v) is 8.43. The third-order valence-electron chi connectivity index (χ3n) is 5.29. The zero-order valence-corrected chi connectivity index (χ0v) is 20.5. The normalized spacial score (nSPS) is 16.3. The summed E-state index contributed by atoms with van der Waals surface area (Å²) in [5.41, 5.74) is 3.49. The second-order valence-electron chi connectivity index (χ2n) is 7.08. The number of rotatable bonds is 8. The number of fused-ring (bicyclic) bond motifs is 1. The fourth-order valence-electron chi connectivity index (χ4n) is 3.50. The molecule has 3 aromatic rings. The van der Waals surface area contributed by atoms with Crippen LogP contribution in [0.25, 0.3) is 11.0 Å². The number of imidazole rings is 1. The van der Waals surface area contributed by atoms with Crippen LogP contribution in [-0.4, -0.2) is 34.8 Å². The average molecular weight is 437 g/mol. The zero-order valence-electron chi connectivity index (χ0n) is 17.7. The van der Waals surface area contributed by atoms with E-state index in [-0.39, 0.29) is 29.6 Å². The number of benzene rings is 2. The van der Waals surface area contributed by atoms with Crippen molar-refractivity contribution in [3.63, 3.8) is 0 Å². The number of nitrogens with zero attached hydrogens (tertiary/aromatic N) is 2. The molecule has 2 aromatic carbocycles. The molecule has 154 valence electrons. The van der Waals surface area contributed by atoms with Gasteiger partial charge in [0.15, 0.2) is 5.79 Å². The Bertz CT molecular complexity index is 984. The van der Waals surface area contributed by atoms with Gasteiger partial charge in [0.1, 0.15) is 5.75 Å². The molecule has 0 aliphatic carbocycles. The van der Waals surface area contributed by atoms with Crippen molar-refractivity contribution in [3.05, 3.63) is 53.6 Å².